The number of carbonyl (C=O) groups is 3. The minimum Gasteiger partial charge on any atom is -0.465 e. The van der Waals surface area contributed by atoms with Crippen LogP contribution in [-0.4, -0.2) is 30.6 Å². The predicted molar refractivity (Wildman–Crippen MR) is 123 cm³/mol. The lowest BCUT2D eigenvalue weighted by Crippen LogP contribution is -2.31. The maximum absolute atomic E-state index is 12.4. The van der Waals surface area contributed by atoms with Gasteiger partial charge in [-0.25, -0.2) is 4.79 Å². The lowest BCUT2D eigenvalue weighted by molar-refractivity contribution is -0.121. The third kappa shape index (κ3) is 5.31. The van der Waals surface area contributed by atoms with Gasteiger partial charge in [0.15, 0.2) is 0 Å². The van der Waals surface area contributed by atoms with E-state index in [0.717, 1.165) is 22.9 Å². The van der Waals surface area contributed by atoms with Crippen LogP contribution in [0.1, 0.15) is 33.8 Å². The SMILES string of the molecule is COC(=O)c1ccc([C@H]2CC(=O)NC(SCC(=O)Nc3cccc(Cl)c3C)=C2C#N)cc1. The topological polar surface area (TPSA) is 108 Å². The average Bonchev–Trinajstić information content (AvgIpc) is 2.80. The number of allylic oxidation sites excluding steroid dienone is 1. The number of thioether (sulfide) groups is 1. The van der Waals surface area contributed by atoms with Crippen molar-refractivity contribution in [1.82, 2.24) is 5.32 Å². The van der Waals surface area contributed by atoms with E-state index in [0.29, 0.717) is 26.9 Å². The number of methoxy groups -OCH3 is 1. The molecule has 164 valence electrons. The Bertz CT molecular complexity index is 1140. The van der Waals surface area contributed by atoms with Crippen molar-refractivity contribution in [1.29, 1.82) is 5.26 Å². The lowest BCUT2D eigenvalue weighted by atomic mass is 9.87. The van der Waals surface area contributed by atoms with Gasteiger partial charge in [0.1, 0.15) is 0 Å². The second kappa shape index (κ2) is 10.4. The molecule has 2 N–H and O–H groups in total. The molecule has 7 nitrogen and oxygen atoms in total. The first-order valence-electron chi connectivity index (χ1n) is 9.64. The monoisotopic (exact) mass is 469 g/mol. The quantitative estimate of drug-likeness (QED) is 0.615. The summed E-state index contributed by atoms with van der Waals surface area (Å²) in [7, 11) is 1.30. The number of nitrogens with one attached hydrogen (secondary N) is 2. The first kappa shape index (κ1) is 23.4. The average molecular weight is 470 g/mol. The van der Waals surface area contributed by atoms with Crippen molar-refractivity contribution in [2.24, 2.45) is 0 Å². The molecule has 0 unspecified atom stereocenters. The number of amides is 2. The van der Waals surface area contributed by atoms with Crippen molar-refractivity contribution in [2.75, 3.05) is 18.2 Å². The normalized spacial score (nSPS) is 15.6. The number of rotatable bonds is 6. The summed E-state index contributed by atoms with van der Waals surface area (Å²) in [5, 5.41) is 16.2. The van der Waals surface area contributed by atoms with E-state index in [-0.39, 0.29) is 24.0 Å². The van der Waals surface area contributed by atoms with Gasteiger partial charge in [-0.1, -0.05) is 41.6 Å². The van der Waals surface area contributed by atoms with Gasteiger partial charge in [0.05, 0.1) is 35.1 Å². The molecular formula is C23H20ClN3O4S. The lowest BCUT2D eigenvalue weighted by Gasteiger charge is -2.25. The molecule has 32 heavy (non-hydrogen) atoms. The van der Waals surface area contributed by atoms with Crippen LogP contribution in [0, 0.1) is 18.3 Å². The summed E-state index contributed by atoms with van der Waals surface area (Å²) in [6, 6.07) is 14.0. The summed E-state index contributed by atoms with van der Waals surface area (Å²) < 4.78 is 4.70. The number of hydrogen-bond donors (Lipinski definition) is 2. The van der Waals surface area contributed by atoms with Crippen molar-refractivity contribution in [3.05, 3.63) is 74.8 Å². The van der Waals surface area contributed by atoms with Gasteiger partial charge < -0.3 is 15.4 Å². The van der Waals surface area contributed by atoms with E-state index in [1.165, 1.54) is 7.11 Å². The summed E-state index contributed by atoms with van der Waals surface area (Å²) in [6.45, 7) is 1.80. The van der Waals surface area contributed by atoms with E-state index in [1.54, 1.807) is 49.4 Å². The van der Waals surface area contributed by atoms with Gasteiger partial charge in [0.2, 0.25) is 11.8 Å². The zero-order valence-electron chi connectivity index (χ0n) is 17.4. The maximum atomic E-state index is 12.4. The molecule has 1 aliphatic rings. The number of esters is 1. The molecule has 9 heteroatoms. The largest absolute Gasteiger partial charge is 0.465 e. The fourth-order valence-corrected chi connectivity index (χ4v) is 4.31. The predicted octanol–water partition coefficient (Wildman–Crippen LogP) is 4.15. The van der Waals surface area contributed by atoms with Gasteiger partial charge >= 0.3 is 5.97 Å². The number of anilines is 1. The maximum Gasteiger partial charge on any atom is 0.337 e. The van der Waals surface area contributed by atoms with E-state index >= 15 is 0 Å². The minimum atomic E-state index is -0.471. The molecule has 1 aliphatic heterocycles. The van der Waals surface area contributed by atoms with Crippen LogP contribution < -0.4 is 10.6 Å². The first-order chi connectivity index (χ1) is 15.3. The van der Waals surface area contributed by atoms with Crippen molar-refractivity contribution in [2.45, 2.75) is 19.3 Å². The van der Waals surface area contributed by atoms with Gasteiger partial charge in [-0.05, 0) is 42.3 Å². The van der Waals surface area contributed by atoms with Crippen molar-refractivity contribution in [3.63, 3.8) is 0 Å². The number of nitriles is 1. The number of nitrogens with zero attached hydrogens (tertiary/aromatic N) is 1. The smallest absolute Gasteiger partial charge is 0.337 e. The highest BCUT2D eigenvalue weighted by atomic mass is 35.5. The van der Waals surface area contributed by atoms with E-state index in [4.69, 9.17) is 16.3 Å². The Morgan fingerprint density at radius 3 is 2.66 bits per heavy atom. The van der Waals surface area contributed by atoms with Crippen LogP contribution in [0.4, 0.5) is 5.69 Å². The molecule has 0 aromatic heterocycles. The third-order valence-corrected chi connectivity index (χ3v) is 6.41. The van der Waals surface area contributed by atoms with Gasteiger partial charge in [-0.2, -0.15) is 5.26 Å². The molecular weight excluding hydrogens is 450 g/mol. The Morgan fingerprint density at radius 1 is 1.28 bits per heavy atom. The van der Waals surface area contributed by atoms with Gasteiger partial charge in [-0.15, -0.1) is 0 Å². The molecule has 1 heterocycles. The zero-order valence-corrected chi connectivity index (χ0v) is 19.0. The second-order valence-electron chi connectivity index (χ2n) is 7.02. The number of halogens is 1. The van der Waals surface area contributed by atoms with Gasteiger partial charge in [-0.3, -0.25) is 9.59 Å². The van der Waals surface area contributed by atoms with Crippen molar-refractivity contribution in [3.8, 4) is 6.07 Å². The van der Waals surface area contributed by atoms with Crippen LogP contribution in [0.2, 0.25) is 5.02 Å². The molecule has 0 aliphatic carbocycles. The van der Waals surface area contributed by atoms with Gasteiger partial charge in [0, 0.05) is 23.0 Å². The second-order valence-corrected chi connectivity index (χ2v) is 8.42. The summed E-state index contributed by atoms with van der Waals surface area (Å²) in [5.74, 6) is -1.48. The molecule has 2 aromatic rings. The number of hydrogen-bond acceptors (Lipinski definition) is 6. The third-order valence-electron chi connectivity index (χ3n) is 4.98. The van der Waals surface area contributed by atoms with Gasteiger partial charge in [0.25, 0.3) is 0 Å². The van der Waals surface area contributed by atoms with Crippen LogP contribution in [0.25, 0.3) is 0 Å². The first-order valence-corrected chi connectivity index (χ1v) is 11.0. The summed E-state index contributed by atoms with van der Waals surface area (Å²) in [4.78, 5) is 36.4. The van der Waals surface area contributed by atoms with Crippen LogP contribution in [0.15, 0.2) is 53.1 Å². The standard InChI is InChI=1S/C23H20ClN3O4S/c1-13-18(24)4-3-5-19(13)26-21(29)12-32-22-17(11-25)16(10-20(28)27-22)14-6-8-15(9-7-14)23(30)31-2/h3-9,16H,10,12H2,1-2H3,(H,26,29)(H,27,28)/t16-/m1/s1. The molecule has 2 aromatic carbocycles. The van der Waals surface area contributed by atoms with Crippen LogP contribution in [0.5, 0.6) is 0 Å². The minimum absolute atomic E-state index is 0.000739. The molecule has 0 fully saturated rings. The van der Waals surface area contributed by atoms with Crippen molar-refractivity contribution >= 4 is 46.8 Å². The molecule has 0 bridgehead atoms. The molecule has 1 atom stereocenters. The molecule has 0 radical (unpaired) electrons. The summed E-state index contributed by atoms with van der Waals surface area (Å²) in [5.41, 5.74) is 2.83. The molecule has 3 rings (SSSR count). The summed E-state index contributed by atoms with van der Waals surface area (Å²) in [6.07, 6.45) is 0.0957. The Balaban J connectivity index is 1.77. The van der Waals surface area contributed by atoms with E-state index < -0.39 is 11.9 Å². The highest BCUT2D eigenvalue weighted by Gasteiger charge is 2.30. The number of carbonyl (C=O) groups excluding carboxylic acids is 3. The fraction of sp³-hybridized carbons (Fsp3) is 0.217. The van der Waals surface area contributed by atoms with Crippen LogP contribution >= 0.6 is 23.4 Å². The van der Waals surface area contributed by atoms with Crippen LogP contribution in [-0.2, 0) is 14.3 Å². The number of ether oxygens (including phenoxy) is 1. The Morgan fingerprint density at radius 2 is 2.00 bits per heavy atom. The molecule has 0 spiro atoms. The summed E-state index contributed by atoms with van der Waals surface area (Å²) >= 11 is 7.17. The highest BCUT2D eigenvalue weighted by Crippen LogP contribution is 2.36. The van der Waals surface area contributed by atoms with Crippen molar-refractivity contribution < 1.29 is 19.1 Å². The molecule has 2 amide bonds. The fourth-order valence-electron chi connectivity index (χ4n) is 3.25. The Hall–Kier alpha value is -3.28. The van der Waals surface area contributed by atoms with Crippen LogP contribution in [0.3, 0.4) is 0 Å². The van der Waals surface area contributed by atoms with E-state index in [9.17, 15) is 19.6 Å². The Kier molecular flexibility index (Phi) is 7.57. The zero-order chi connectivity index (χ0) is 23.3. The molecule has 0 saturated carbocycles. The Labute approximate surface area is 194 Å². The highest BCUT2D eigenvalue weighted by molar-refractivity contribution is 8.03. The van der Waals surface area contributed by atoms with E-state index in [2.05, 4.69) is 16.7 Å². The number of benzene rings is 2. The molecule has 0 saturated heterocycles. The van der Waals surface area contributed by atoms with E-state index in [1.807, 2.05) is 0 Å².